The Kier molecular flexibility index (Phi) is 4.61. The van der Waals surface area contributed by atoms with E-state index in [9.17, 15) is 4.79 Å². The van der Waals surface area contributed by atoms with Gasteiger partial charge >= 0.3 is 0 Å². The Morgan fingerprint density at radius 3 is 2.63 bits per heavy atom. The summed E-state index contributed by atoms with van der Waals surface area (Å²) in [7, 11) is 0. The van der Waals surface area contributed by atoms with Crippen molar-refractivity contribution < 1.29 is 4.79 Å². The number of rotatable bonds is 4. The third kappa shape index (κ3) is 3.42. The number of hydrogen-bond donors (Lipinski definition) is 2. The van der Waals surface area contributed by atoms with Crippen LogP contribution in [0, 0.1) is 0 Å². The van der Waals surface area contributed by atoms with Gasteiger partial charge in [-0.2, -0.15) is 0 Å². The van der Waals surface area contributed by atoms with Gasteiger partial charge in [0.2, 0.25) is 0 Å². The van der Waals surface area contributed by atoms with Crippen LogP contribution in [0.15, 0.2) is 42.9 Å². The Morgan fingerprint density at radius 1 is 1.11 bits per heavy atom. The van der Waals surface area contributed by atoms with Crippen LogP contribution in [0.1, 0.15) is 10.5 Å². The highest BCUT2D eigenvalue weighted by molar-refractivity contribution is 7.22. The molecule has 1 aromatic carbocycles. The first kappa shape index (κ1) is 17.6. The lowest BCUT2D eigenvalue weighted by molar-refractivity contribution is 0.0995. The molecule has 7 nitrogen and oxygen atoms in total. The summed E-state index contributed by atoms with van der Waals surface area (Å²) < 4.78 is 0.794. The van der Waals surface area contributed by atoms with Gasteiger partial charge in [0.25, 0.3) is 5.91 Å². The molecule has 134 valence electrons. The summed E-state index contributed by atoms with van der Waals surface area (Å²) in [6.07, 6.45) is 2.88. The standard InChI is InChI=1S/C17H10Cl2N6OS/c18-8-2-1-3-9(19)13(8)17-24-10-4-5-21-16(14(10)27-17)25-12-6-11(15(20)26)22-7-23-12/h1-7H,(H2,20,26)(H,21,22,23,25). The molecule has 3 heterocycles. The maximum Gasteiger partial charge on any atom is 0.267 e. The van der Waals surface area contributed by atoms with Crippen LogP contribution in [-0.4, -0.2) is 25.8 Å². The monoisotopic (exact) mass is 416 g/mol. The third-order valence-electron chi connectivity index (χ3n) is 3.65. The van der Waals surface area contributed by atoms with Crippen LogP contribution in [0.4, 0.5) is 11.6 Å². The first-order valence-electron chi connectivity index (χ1n) is 7.62. The van der Waals surface area contributed by atoms with Crippen molar-refractivity contribution in [1.29, 1.82) is 0 Å². The van der Waals surface area contributed by atoms with E-state index in [1.807, 2.05) is 0 Å². The molecule has 1 amide bonds. The molecule has 0 unspecified atom stereocenters. The molecule has 0 aliphatic heterocycles. The fourth-order valence-electron chi connectivity index (χ4n) is 2.44. The highest BCUT2D eigenvalue weighted by Gasteiger charge is 2.16. The molecular formula is C17H10Cl2N6OS. The van der Waals surface area contributed by atoms with Crippen LogP contribution in [0.3, 0.4) is 0 Å². The van der Waals surface area contributed by atoms with Crippen molar-refractivity contribution in [1.82, 2.24) is 19.9 Å². The highest BCUT2D eigenvalue weighted by Crippen LogP contribution is 2.40. The first-order valence-corrected chi connectivity index (χ1v) is 9.19. The number of anilines is 2. The van der Waals surface area contributed by atoms with E-state index in [4.69, 9.17) is 28.9 Å². The van der Waals surface area contributed by atoms with E-state index in [1.165, 1.54) is 23.7 Å². The zero-order chi connectivity index (χ0) is 19.0. The Labute approximate surface area is 167 Å². The number of halogens is 2. The number of thiazole rings is 1. The molecule has 0 saturated heterocycles. The zero-order valence-corrected chi connectivity index (χ0v) is 15.8. The van der Waals surface area contributed by atoms with Crippen molar-refractivity contribution in [2.75, 3.05) is 5.32 Å². The van der Waals surface area contributed by atoms with Gasteiger partial charge < -0.3 is 11.1 Å². The molecule has 4 rings (SSSR count). The fraction of sp³-hybridized carbons (Fsp3) is 0. The van der Waals surface area contributed by atoms with E-state index in [0.717, 1.165) is 10.2 Å². The lowest BCUT2D eigenvalue weighted by atomic mass is 10.2. The quantitative estimate of drug-likeness (QED) is 0.513. The average Bonchev–Trinajstić information content (AvgIpc) is 3.06. The van der Waals surface area contributed by atoms with Gasteiger partial charge in [-0.05, 0) is 18.2 Å². The molecule has 0 atom stereocenters. The smallest absolute Gasteiger partial charge is 0.267 e. The average molecular weight is 417 g/mol. The summed E-state index contributed by atoms with van der Waals surface area (Å²) in [5.41, 5.74) is 6.76. The van der Waals surface area contributed by atoms with Crippen molar-refractivity contribution in [3.8, 4) is 10.6 Å². The number of nitrogens with two attached hydrogens (primary N) is 1. The Morgan fingerprint density at radius 2 is 1.89 bits per heavy atom. The molecule has 0 aliphatic carbocycles. The number of pyridine rings is 1. The number of fused-ring (bicyclic) bond motifs is 1. The molecule has 0 saturated carbocycles. The maximum absolute atomic E-state index is 11.3. The second kappa shape index (κ2) is 7.07. The predicted molar refractivity (Wildman–Crippen MR) is 107 cm³/mol. The SMILES string of the molecule is NC(=O)c1cc(Nc2nccc3nc(-c4c(Cl)cccc4Cl)sc23)ncn1. The molecule has 0 radical (unpaired) electrons. The number of hydrogen-bond acceptors (Lipinski definition) is 7. The van der Waals surface area contributed by atoms with Crippen LogP contribution in [0.2, 0.25) is 10.0 Å². The van der Waals surface area contributed by atoms with Crippen LogP contribution < -0.4 is 11.1 Å². The van der Waals surface area contributed by atoms with Crippen LogP contribution >= 0.6 is 34.5 Å². The molecule has 0 bridgehead atoms. The second-order valence-corrected chi connectivity index (χ2v) is 7.21. The van der Waals surface area contributed by atoms with Crippen molar-refractivity contribution in [2.45, 2.75) is 0 Å². The summed E-state index contributed by atoms with van der Waals surface area (Å²) in [6, 6.07) is 8.55. The van der Waals surface area contributed by atoms with Crippen molar-refractivity contribution in [3.63, 3.8) is 0 Å². The summed E-state index contributed by atoms with van der Waals surface area (Å²) >= 11 is 14.0. The minimum absolute atomic E-state index is 0.104. The first-order chi connectivity index (χ1) is 13.0. The molecule has 27 heavy (non-hydrogen) atoms. The summed E-state index contributed by atoms with van der Waals surface area (Å²) in [4.78, 5) is 28.2. The number of carbonyl (C=O) groups is 1. The molecule has 0 aliphatic rings. The third-order valence-corrected chi connectivity index (χ3v) is 5.37. The van der Waals surface area contributed by atoms with Gasteiger partial charge in [-0.15, -0.1) is 11.3 Å². The lowest BCUT2D eigenvalue weighted by Crippen LogP contribution is -2.13. The maximum atomic E-state index is 11.3. The van der Waals surface area contributed by atoms with Crippen molar-refractivity contribution >= 4 is 62.3 Å². The minimum Gasteiger partial charge on any atom is -0.364 e. The van der Waals surface area contributed by atoms with Crippen molar-refractivity contribution in [3.05, 3.63) is 58.6 Å². The fourth-order valence-corrected chi connectivity index (χ4v) is 4.20. The Bertz CT molecular complexity index is 1160. The number of benzene rings is 1. The highest BCUT2D eigenvalue weighted by atomic mass is 35.5. The zero-order valence-electron chi connectivity index (χ0n) is 13.5. The van der Waals surface area contributed by atoms with Gasteiger partial charge in [-0.25, -0.2) is 19.9 Å². The number of carbonyl (C=O) groups excluding carboxylic acids is 1. The van der Waals surface area contributed by atoms with E-state index in [-0.39, 0.29) is 5.69 Å². The van der Waals surface area contributed by atoms with Gasteiger partial charge in [0.15, 0.2) is 5.82 Å². The van der Waals surface area contributed by atoms with E-state index >= 15 is 0 Å². The number of nitrogens with one attached hydrogen (secondary N) is 1. The van der Waals surface area contributed by atoms with Crippen LogP contribution in [0.25, 0.3) is 20.8 Å². The van der Waals surface area contributed by atoms with Crippen LogP contribution in [0.5, 0.6) is 0 Å². The number of primary amides is 1. The largest absolute Gasteiger partial charge is 0.364 e. The normalized spacial score (nSPS) is 10.9. The number of nitrogens with zero attached hydrogens (tertiary/aromatic N) is 4. The molecule has 0 fully saturated rings. The molecule has 10 heteroatoms. The molecular weight excluding hydrogens is 407 g/mol. The lowest BCUT2D eigenvalue weighted by Gasteiger charge is -2.05. The topological polar surface area (TPSA) is 107 Å². The molecule has 3 N–H and O–H groups in total. The summed E-state index contributed by atoms with van der Waals surface area (Å²) in [5, 5.41) is 4.79. The summed E-state index contributed by atoms with van der Waals surface area (Å²) in [5.74, 6) is 0.290. The second-order valence-electron chi connectivity index (χ2n) is 5.40. The molecule has 4 aromatic rings. The number of amides is 1. The van der Waals surface area contributed by atoms with Crippen molar-refractivity contribution in [2.24, 2.45) is 5.73 Å². The van der Waals surface area contributed by atoms with Gasteiger partial charge in [-0.3, -0.25) is 4.79 Å². The molecule has 3 aromatic heterocycles. The Hall–Kier alpha value is -2.81. The van der Waals surface area contributed by atoms with E-state index < -0.39 is 5.91 Å². The minimum atomic E-state index is -0.639. The van der Waals surface area contributed by atoms with Gasteiger partial charge in [0.1, 0.15) is 22.8 Å². The van der Waals surface area contributed by atoms with E-state index in [2.05, 4.69) is 25.3 Å². The van der Waals surface area contributed by atoms with Crippen LogP contribution in [-0.2, 0) is 0 Å². The molecule has 0 spiro atoms. The Balaban J connectivity index is 1.78. The van der Waals surface area contributed by atoms with Gasteiger partial charge in [0, 0.05) is 17.8 Å². The summed E-state index contributed by atoms with van der Waals surface area (Å²) in [6.45, 7) is 0. The number of aromatic nitrogens is 4. The van der Waals surface area contributed by atoms with Gasteiger partial charge in [0.05, 0.1) is 20.3 Å². The van der Waals surface area contributed by atoms with E-state index in [0.29, 0.717) is 32.3 Å². The predicted octanol–water partition coefficient (Wildman–Crippen LogP) is 4.30. The van der Waals surface area contributed by atoms with E-state index in [1.54, 1.807) is 30.5 Å². The van der Waals surface area contributed by atoms with Gasteiger partial charge in [-0.1, -0.05) is 29.3 Å².